The van der Waals surface area contributed by atoms with E-state index in [0.29, 0.717) is 17.7 Å². The van der Waals surface area contributed by atoms with Gasteiger partial charge in [0.15, 0.2) is 0 Å². The molecule has 0 bridgehead atoms. The summed E-state index contributed by atoms with van der Waals surface area (Å²) in [5.74, 6) is 0. The van der Waals surface area contributed by atoms with Gasteiger partial charge in [-0.2, -0.15) is 0 Å². The molecule has 0 saturated heterocycles. The van der Waals surface area contributed by atoms with Crippen molar-refractivity contribution in [2.45, 2.75) is 45.4 Å². The van der Waals surface area contributed by atoms with Crippen molar-refractivity contribution < 1.29 is 0 Å². The minimum absolute atomic E-state index is 0.563. The average molecular weight is 208 g/mol. The standard InChI is InChI=1S/C9H19ClNP/c1-8(2)12(10,9(3)4)7-5-6-11/h8-9,12H,5,7H2,1-4H3. The molecule has 0 spiro atoms. The van der Waals surface area contributed by atoms with E-state index in [2.05, 4.69) is 33.8 Å². The molecule has 0 N–H and O–H groups in total. The van der Waals surface area contributed by atoms with Gasteiger partial charge in [-0.05, 0) is 0 Å². The molecule has 0 saturated carbocycles. The van der Waals surface area contributed by atoms with Gasteiger partial charge >= 0.3 is 80.8 Å². The molecule has 12 heavy (non-hydrogen) atoms. The number of hydrogen-bond donors (Lipinski definition) is 0. The molecular weight excluding hydrogens is 189 g/mol. The Bertz CT molecular complexity index is 164. The Kier molecular flexibility index (Phi) is 5.14. The van der Waals surface area contributed by atoms with Crippen LogP contribution in [0.5, 0.6) is 0 Å². The van der Waals surface area contributed by atoms with Crippen LogP contribution in [0.15, 0.2) is 0 Å². The van der Waals surface area contributed by atoms with Gasteiger partial charge in [0.1, 0.15) is 0 Å². The Labute approximate surface area is 81.2 Å². The van der Waals surface area contributed by atoms with Gasteiger partial charge in [-0.15, -0.1) is 0 Å². The van der Waals surface area contributed by atoms with E-state index in [-0.39, 0.29) is 0 Å². The van der Waals surface area contributed by atoms with Crippen LogP contribution >= 0.6 is 17.9 Å². The molecule has 0 amide bonds. The molecular formula is C9H19ClNP. The van der Waals surface area contributed by atoms with Gasteiger partial charge < -0.3 is 0 Å². The van der Waals surface area contributed by atoms with E-state index < -0.39 is 6.62 Å². The van der Waals surface area contributed by atoms with E-state index >= 15 is 0 Å². The molecule has 0 rings (SSSR count). The van der Waals surface area contributed by atoms with E-state index in [4.69, 9.17) is 16.5 Å². The van der Waals surface area contributed by atoms with Crippen molar-refractivity contribution in [2.75, 3.05) is 6.16 Å². The van der Waals surface area contributed by atoms with Crippen molar-refractivity contribution in [1.29, 1.82) is 5.26 Å². The number of halogens is 1. The van der Waals surface area contributed by atoms with E-state index in [1.165, 1.54) is 0 Å². The van der Waals surface area contributed by atoms with E-state index in [1.807, 2.05) is 0 Å². The zero-order chi connectivity index (χ0) is 9.78. The first-order valence-corrected chi connectivity index (χ1v) is 7.88. The predicted molar refractivity (Wildman–Crippen MR) is 59.5 cm³/mol. The van der Waals surface area contributed by atoms with E-state index in [1.54, 1.807) is 0 Å². The number of nitriles is 1. The second kappa shape index (κ2) is 5.05. The normalized spacial score (nSPS) is 13.5. The average Bonchev–Trinajstić information content (AvgIpc) is 1.99. The Morgan fingerprint density at radius 1 is 1.25 bits per heavy atom. The third-order valence-electron chi connectivity index (χ3n) is 2.54. The van der Waals surface area contributed by atoms with Gasteiger partial charge in [-0.25, -0.2) is 0 Å². The summed E-state index contributed by atoms with van der Waals surface area (Å²) in [7, 11) is 0. The van der Waals surface area contributed by atoms with Crippen molar-refractivity contribution in [1.82, 2.24) is 0 Å². The zero-order valence-corrected chi connectivity index (χ0v) is 10.2. The van der Waals surface area contributed by atoms with Crippen molar-refractivity contribution in [3.05, 3.63) is 0 Å². The third-order valence-corrected chi connectivity index (χ3v) is 10.6. The first-order chi connectivity index (χ1) is 5.45. The molecule has 0 aliphatic carbocycles. The molecule has 0 unspecified atom stereocenters. The Morgan fingerprint density at radius 3 is 1.92 bits per heavy atom. The van der Waals surface area contributed by atoms with Crippen LogP contribution in [0.3, 0.4) is 0 Å². The van der Waals surface area contributed by atoms with Crippen LogP contribution in [0.1, 0.15) is 34.1 Å². The molecule has 72 valence electrons. The molecule has 0 aromatic carbocycles. The monoisotopic (exact) mass is 207 g/mol. The molecule has 0 aromatic rings. The van der Waals surface area contributed by atoms with Gasteiger partial charge in [0.05, 0.1) is 0 Å². The third kappa shape index (κ3) is 2.92. The number of rotatable bonds is 4. The fourth-order valence-electron chi connectivity index (χ4n) is 1.49. The summed E-state index contributed by atoms with van der Waals surface area (Å²) < 4.78 is 0. The van der Waals surface area contributed by atoms with Crippen LogP contribution in [-0.4, -0.2) is 17.5 Å². The molecule has 0 radical (unpaired) electrons. The van der Waals surface area contributed by atoms with Gasteiger partial charge in [0.25, 0.3) is 0 Å². The number of hydrogen-bond acceptors (Lipinski definition) is 1. The second-order valence-electron chi connectivity index (χ2n) is 3.89. The maximum atomic E-state index is 8.51. The maximum absolute atomic E-state index is 8.51. The predicted octanol–water partition coefficient (Wildman–Crippen LogP) is 3.62. The summed E-state index contributed by atoms with van der Waals surface area (Å²) in [6.07, 6.45) is 1.55. The van der Waals surface area contributed by atoms with E-state index in [0.717, 1.165) is 6.16 Å². The summed E-state index contributed by atoms with van der Waals surface area (Å²) in [4.78, 5) is 0. The van der Waals surface area contributed by atoms with E-state index in [9.17, 15) is 0 Å². The SMILES string of the molecule is CC(C)[PH](Cl)(CCC#N)C(C)C. The molecule has 0 aliphatic heterocycles. The summed E-state index contributed by atoms with van der Waals surface area (Å²) >= 11 is 6.58. The molecule has 1 nitrogen and oxygen atoms in total. The molecule has 0 fully saturated rings. The summed E-state index contributed by atoms with van der Waals surface area (Å²) in [6.45, 7) is 7.03. The van der Waals surface area contributed by atoms with Crippen LogP contribution in [0.25, 0.3) is 0 Å². The van der Waals surface area contributed by atoms with Crippen LogP contribution in [0, 0.1) is 11.3 Å². The van der Waals surface area contributed by atoms with Crippen LogP contribution < -0.4 is 0 Å². The minimum atomic E-state index is -1.68. The summed E-state index contributed by atoms with van der Waals surface area (Å²) in [5, 5.41) is 8.51. The Morgan fingerprint density at radius 2 is 1.67 bits per heavy atom. The number of nitrogens with zero attached hydrogens (tertiary/aromatic N) is 1. The Hall–Kier alpha value is 0.210. The van der Waals surface area contributed by atoms with Crippen molar-refractivity contribution in [2.24, 2.45) is 0 Å². The molecule has 0 aliphatic rings. The summed E-state index contributed by atoms with van der Waals surface area (Å²) in [6, 6.07) is 2.18. The fraction of sp³-hybridized carbons (Fsp3) is 0.889. The first-order valence-electron chi connectivity index (χ1n) is 4.51. The molecule has 0 heterocycles. The van der Waals surface area contributed by atoms with Crippen LogP contribution in [0.4, 0.5) is 0 Å². The van der Waals surface area contributed by atoms with Crippen LogP contribution in [0.2, 0.25) is 0 Å². The van der Waals surface area contributed by atoms with Gasteiger partial charge in [0.2, 0.25) is 0 Å². The van der Waals surface area contributed by atoms with Gasteiger partial charge in [0, 0.05) is 0 Å². The van der Waals surface area contributed by atoms with Crippen molar-refractivity contribution in [3.8, 4) is 6.07 Å². The van der Waals surface area contributed by atoms with Crippen molar-refractivity contribution >= 4 is 17.9 Å². The molecule has 0 atom stereocenters. The molecule has 3 heteroatoms. The van der Waals surface area contributed by atoms with Crippen LogP contribution in [-0.2, 0) is 0 Å². The first kappa shape index (κ1) is 12.2. The molecule has 0 aromatic heterocycles. The van der Waals surface area contributed by atoms with Gasteiger partial charge in [-0.3, -0.25) is 0 Å². The fourth-order valence-corrected chi connectivity index (χ4v) is 4.76. The second-order valence-corrected chi connectivity index (χ2v) is 10.7. The summed E-state index contributed by atoms with van der Waals surface area (Å²) in [5.41, 5.74) is 1.13. The Balaban J connectivity index is 4.31. The van der Waals surface area contributed by atoms with Gasteiger partial charge in [-0.1, -0.05) is 0 Å². The quantitative estimate of drug-likeness (QED) is 0.646. The topological polar surface area (TPSA) is 23.8 Å². The van der Waals surface area contributed by atoms with Crippen molar-refractivity contribution in [3.63, 3.8) is 0 Å². The zero-order valence-electron chi connectivity index (χ0n) is 8.39.